The lowest BCUT2D eigenvalue weighted by Crippen LogP contribution is -2.14. The third-order valence-corrected chi connectivity index (χ3v) is 4.48. The summed E-state index contributed by atoms with van der Waals surface area (Å²) in [5, 5.41) is 5.07. The van der Waals surface area contributed by atoms with Crippen molar-refractivity contribution in [3.63, 3.8) is 0 Å². The summed E-state index contributed by atoms with van der Waals surface area (Å²) in [5.74, 6) is 0. The van der Waals surface area contributed by atoms with Gasteiger partial charge in [-0.05, 0) is 37.3 Å². The van der Waals surface area contributed by atoms with Gasteiger partial charge in [0.25, 0.3) is 0 Å². The van der Waals surface area contributed by atoms with Crippen molar-refractivity contribution < 1.29 is 8.42 Å². The standard InChI is InChI=1S/C13H14N2O2S2/c1-9-3-2-4-10(7-9)18-11-5-6-13(12(14)8-11)19(15,16)17/h2-8H,14H2,1H3,(H2,15,16,17). The third-order valence-electron chi connectivity index (χ3n) is 2.51. The van der Waals surface area contributed by atoms with Gasteiger partial charge in [-0.25, -0.2) is 13.6 Å². The van der Waals surface area contributed by atoms with Gasteiger partial charge in [0, 0.05) is 9.79 Å². The van der Waals surface area contributed by atoms with Crippen molar-refractivity contribution in [2.24, 2.45) is 5.14 Å². The number of nitrogen functional groups attached to an aromatic ring is 1. The molecule has 100 valence electrons. The number of anilines is 1. The lowest BCUT2D eigenvalue weighted by atomic mass is 10.2. The van der Waals surface area contributed by atoms with Gasteiger partial charge in [0.15, 0.2) is 0 Å². The molecule has 0 aliphatic carbocycles. The van der Waals surface area contributed by atoms with E-state index in [0.29, 0.717) is 0 Å². The number of hydrogen-bond acceptors (Lipinski definition) is 4. The highest BCUT2D eigenvalue weighted by Crippen LogP contribution is 2.31. The number of rotatable bonds is 3. The Kier molecular flexibility index (Phi) is 3.84. The van der Waals surface area contributed by atoms with Crippen molar-refractivity contribution in [2.75, 3.05) is 5.73 Å². The molecule has 0 heterocycles. The van der Waals surface area contributed by atoms with Gasteiger partial charge in [-0.3, -0.25) is 0 Å². The zero-order valence-corrected chi connectivity index (χ0v) is 12.0. The van der Waals surface area contributed by atoms with Crippen molar-refractivity contribution in [2.45, 2.75) is 21.6 Å². The van der Waals surface area contributed by atoms with E-state index in [1.54, 1.807) is 12.1 Å². The van der Waals surface area contributed by atoms with Crippen molar-refractivity contribution in [3.05, 3.63) is 48.0 Å². The van der Waals surface area contributed by atoms with Gasteiger partial charge >= 0.3 is 0 Å². The highest BCUT2D eigenvalue weighted by molar-refractivity contribution is 7.99. The van der Waals surface area contributed by atoms with Crippen molar-refractivity contribution in [1.29, 1.82) is 0 Å². The predicted molar refractivity (Wildman–Crippen MR) is 77.5 cm³/mol. The molecule has 19 heavy (non-hydrogen) atoms. The predicted octanol–water partition coefficient (Wildman–Crippen LogP) is 2.38. The van der Waals surface area contributed by atoms with Gasteiger partial charge in [-0.1, -0.05) is 29.5 Å². The number of primary sulfonamides is 1. The Balaban J connectivity index is 2.31. The summed E-state index contributed by atoms with van der Waals surface area (Å²) in [6, 6.07) is 12.8. The minimum atomic E-state index is -3.76. The van der Waals surface area contributed by atoms with E-state index in [9.17, 15) is 8.42 Å². The fourth-order valence-electron chi connectivity index (χ4n) is 1.66. The van der Waals surface area contributed by atoms with Gasteiger partial charge in [0.1, 0.15) is 4.90 Å². The fraction of sp³-hybridized carbons (Fsp3) is 0.0769. The second-order valence-corrected chi connectivity index (χ2v) is 6.84. The van der Waals surface area contributed by atoms with E-state index >= 15 is 0 Å². The SMILES string of the molecule is Cc1cccc(Sc2ccc(S(N)(=O)=O)c(N)c2)c1. The molecular formula is C13H14N2O2S2. The van der Waals surface area contributed by atoms with E-state index in [2.05, 4.69) is 6.07 Å². The van der Waals surface area contributed by atoms with Crippen LogP contribution in [0.25, 0.3) is 0 Å². The summed E-state index contributed by atoms with van der Waals surface area (Å²) < 4.78 is 22.5. The first kappa shape index (κ1) is 13.9. The Bertz CT molecular complexity index is 712. The summed E-state index contributed by atoms with van der Waals surface area (Å²) >= 11 is 1.52. The molecule has 0 aromatic heterocycles. The minimum absolute atomic E-state index is 0.0407. The van der Waals surface area contributed by atoms with E-state index in [0.717, 1.165) is 9.79 Å². The van der Waals surface area contributed by atoms with Crippen LogP contribution in [0.5, 0.6) is 0 Å². The summed E-state index contributed by atoms with van der Waals surface area (Å²) in [6.07, 6.45) is 0. The highest BCUT2D eigenvalue weighted by Gasteiger charge is 2.12. The van der Waals surface area contributed by atoms with E-state index in [4.69, 9.17) is 10.9 Å². The minimum Gasteiger partial charge on any atom is -0.398 e. The summed E-state index contributed by atoms with van der Waals surface area (Å²) in [6.45, 7) is 2.02. The van der Waals surface area contributed by atoms with Gasteiger partial charge in [-0.15, -0.1) is 0 Å². The first-order valence-corrected chi connectivity index (χ1v) is 7.89. The van der Waals surface area contributed by atoms with Crippen LogP contribution in [0.15, 0.2) is 57.2 Å². The maximum absolute atomic E-state index is 11.3. The van der Waals surface area contributed by atoms with Gasteiger partial charge in [0.2, 0.25) is 10.0 Å². The first-order valence-electron chi connectivity index (χ1n) is 5.53. The number of aryl methyl sites for hydroxylation is 1. The number of hydrogen-bond donors (Lipinski definition) is 2. The lowest BCUT2D eigenvalue weighted by molar-refractivity contribution is 0.598. The second kappa shape index (κ2) is 5.24. The molecule has 2 aromatic rings. The fourth-order valence-corrected chi connectivity index (χ4v) is 3.29. The zero-order chi connectivity index (χ0) is 14.0. The molecule has 0 amide bonds. The van der Waals surface area contributed by atoms with Crippen LogP contribution >= 0.6 is 11.8 Å². The van der Waals surface area contributed by atoms with Crippen LogP contribution < -0.4 is 10.9 Å². The summed E-state index contributed by atoms with van der Waals surface area (Å²) in [4.78, 5) is 1.90. The number of nitrogens with two attached hydrogens (primary N) is 2. The Morgan fingerprint density at radius 3 is 2.32 bits per heavy atom. The monoisotopic (exact) mass is 294 g/mol. The normalized spacial score (nSPS) is 11.5. The van der Waals surface area contributed by atoms with Crippen LogP contribution in [0.2, 0.25) is 0 Å². The maximum Gasteiger partial charge on any atom is 0.240 e. The Morgan fingerprint density at radius 2 is 1.74 bits per heavy atom. The Morgan fingerprint density at radius 1 is 1.05 bits per heavy atom. The molecule has 0 atom stereocenters. The Hall–Kier alpha value is -1.50. The topological polar surface area (TPSA) is 86.2 Å². The van der Waals surface area contributed by atoms with Gasteiger partial charge < -0.3 is 5.73 Å². The molecule has 0 fully saturated rings. The number of benzene rings is 2. The van der Waals surface area contributed by atoms with Crippen LogP contribution in [0, 0.1) is 6.92 Å². The van der Waals surface area contributed by atoms with Gasteiger partial charge in [-0.2, -0.15) is 0 Å². The average molecular weight is 294 g/mol. The van der Waals surface area contributed by atoms with Crippen molar-refractivity contribution >= 4 is 27.5 Å². The van der Waals surface area contributed by atoms with E-state index in [1.165, 1.54) is 23.4 Å². The Labute approximate surface area is 116 Å². The molecule has 0 aliphatic heterocycles. The molecule has 4 N–H and O–H groups in total. The van der Waals surface area contributed by atoms with Crippen LogP contribution in [0.4, 0.5) is 5.69 Å². The molecule has 4 nitrogen and oxygen atoms in total. The van der Waals surface area contributed by atoms with Crippen LogP contribution in [-0.2, 0) is 10.0 Å². The van der Waals surface area contributed by atoms with E-state index < -0.39 is 10.0 Å². The quantitative estimate of drug-likeness (QED) is 0.851. The molecule has 0 spiro atoms. The molecular weight excluding hydrogens is 280 g/mol. The molecule has 0 saturated carbocycles. The zero-order valence-electron chi connectivity index (χ0n) is 10.3. The lowest BCUT2D eigenvalue weighted by Gasteiger charge is -2.07. The molecule has 2 rings (SSSR count). The average Bonchev–Trinajstić information content (AvgIpc) is 2.27. The maximum atomic E-state index is 11.3. The highest BCUT2D eigenvalue weighted by atomic mass is 32.2. The van der Waals surface area contributed by atoms with Gasteiger partial charge in [0.05, 0.1) is 5.69 Å². The second-order valence-electron chi connectivity index (χ2n) is 4.16. The van der Waals surface area contributed by atoms with Crippen LogP contribution in [0.1, 0.15) is 5.56 Å². The van der Waals surface area contributed by atoms with Crippen LogP contribution in [0.3, 0.4) is 0 Å². The smallest absolute Gasteiger partial charge is 0.240 e. The molecule has 0 saturated heterocycles. The third kappa shape index (κ3) is 3.50. The van der Waals surface area contributed by atoms with Crippen molar-refractivity contribution in [3.8, 4) is 0 Å². The summed E-state index contributed by atoms with van der Waals surface area (Å²) in [5.41, 5.74) is 7.05. The van der Waals surface area contributed by atoms with Crippen molar-refractivity contribution in [1.82, 2.24) is 0 Å². The molecule has 6 heteroatoms. The number of sulfonamides is 1. The molecule has 0 unspecified atom stereocenters. The largest absolute Gasteiger partial charge is 0.398 e. The summed E-state index contributed by atoms with van der Waals surface area (Å²) in [7, 11) is -3.76. The van der Waals surface area contributed by atoms with E-state index in [1.807, 2.05) is 25.1 Å². The van der Waals surface area contributed by atoms with E-state index in [-0.39, 0.29) is 10.6 Å². The van der Waals surface area contributed by atoms with Crippen LogP contribution in [-0.4, -0.2) is 8.42 Å². The molecule has 2 aromatic carbocycles. The molecule has 0 radical (unpaired) electrons. The molecule has 0 bridgehead atoms. The molecule has 0 aliphatic rings. The first-order chi connectivity index (χ1) is 8.86.